The molecule has 2 heterocycles. The van der Waals surface area contributed by atoms with E-state index in [0.29, 0.717) is 17.7 Å². The lowest BCUT2D eigenvalue weighted by atomic mass is 10.0. The van der Waals surface area contributed by atoms with Gasteiger partial charge in [0.25, 0.3) is 11.8 Å². The van der Waals surface area contributed by atoms with E-state index in [1.807, 2.05) is 48.1 Å². The third kappa shape index (κ3) is 2.66. The molecule has 1 atom stereocenters. The van der Waals surface area contributed by atoms with Crippen LogP contribution in [-0.4, -0.2) is 27.8 Å². The second-order valence-electron chi connectivity index (χ2n) is 6.35. The van der Waals surface area contributed by atoms with E-state index in [9.17, 15) is 9.59 Å². The Kier molecular flexibility index (Phi) is 3.73. The van der Waals surface area contributed by atoms with Crippen LogP contribution in [0.3, 0.4) is 0 Å². The van der Waals surface area contributed by atoms with Crippen LogP contribution in [0.2, 0.25) is 0 Å². The molecule has 0 spiro atoms. The summed E-state index contributed by atoms with van der Waals surface area (Å²) < 4.78 is 2.04. The molecule has 4 nitrogen and oxygen atoms in total. The standard InChI is InChI=1S/C21H18N2O2/c1-15(16-8-10-17(11-9-16)22-12-4-5-13-22)14-23-20(24)18-6-2-3-7-19(18)21(23)25/h2-13,15H,14H2,1H3. The summed E-state index contributed by atoms with van der Waals surface area (Å²) in [6, 6.07) is 19.2. The van der Waals surface area contributed by atoms with Gasteiger partial charge in [-0.3, -0.25) is 14.5 Å². The van der Waals surface area contributed by atoms with E-state index >= 15 is 0 Å². The predicted molar refractivity (Wildman–Crippen MR) is 96.0 cm³/mol. The van der Waals surface area contributed by atoms with Gasteiger partial charge in [0.05, 0.1) is 11.1 Å². The van der Waals surface area contributed by atoms with Gasteiger partial charge in [-0.2, -0.15) is 0 Å². The van der Waals surface area contributed by atoms with Gasteiger partial charge in [0.2, 0.25) is 0 Å². The molecule has 25 heavy (non-hydrogen) atoms. The van der Waals surface area contributed by atoms with Crippen molar-refractivity contribution in [2.75, 3.05) is 6.54 Å². The van der Waals surface area contributed by atoms with Crippen LogP contribution in [0.5, 0.6) is 0 Å². The van der Waals surface area contributed by atoms with E-state index in [0.717, 1.165) is 11.3 Å². The highest BCUT2D eigenvalue weighted by Crippen LogP contribution is 2.26. The van der Waals surface area contributed by atoms with Crippen LogP contribution in [0.1, 0.15) is 39.1 Å². The Balaban J connectivity index is 1.52. The van der Waals surface area contributed by atoms with Gasteiger partial charge >= 0.3 is 0 Å². The van der Waals surface area contributed by atoms with Crippen LogP contribution in [0.25, 0.3) is 5.69 Å². The number of carbonyl (C=O) groups is 2. The molecule has 4 heteroatoms. The Hall–Kier alpha value is -3.14. The van der Waals surface area contributed by atoms with E-state index in [1.54, 1.807) is 24.3 Å². The lowest BCUT2D eigenvalue weighted by molar-refractivity contribution is 0.0646. The summed E-state index contributed by atoms with van der Waals surface area (Å²) in [5, 5.41) is 0. The average Bonchev–Trinajstić information content (AvgIpc) is 3.26. The van der Waals surface area contributed by atoms with E-state index < -0.39 is 0 Å². The molecule has 0 bridgehead atoms. The predicted octanol–water partition coefficient (Wildman–Crippen LogP) is 3.88. The van der Waals surface area contributed by atoms with Gasteiger partial charge in [-0.1, -0.05) is 31.2 Å². The Labute approximate surface area is 146 Å². The van der Waals surface area contributed by atoms with Gasteiger partial charge < -0.3 is 4.57 Å². The molecular formula is C21H18N2O2. The van der Waals surface area contributed by atoms with Crippen LogP contribution in [0.15, 0.2) is 73.1 Å². The van der Waals surface area contributed by atoms with Crippen LogP contribution in [0, 0.1) is 0 Å². The van der Waals surface area contributed by atoms with Crippen molar-refractivity contribution in [2.24, 2.45) is 0 Å². The second-order valence-corrected chi connectivity index (χ2v) is 6.35. The summed E-state index contributed by atoms with van der Waals surface area (Å²) >= 11 is 0. The molecule has 0 N–H and O–H groups in total. The molecule has 1 aromatic heterocycles. The number of hydrogen-bond acceptors (Lipinski definition) is 2. The van der Waals surface area contributed by atoms with Crippen LogP contribution in [-0.2, 0) is 0 Å². The lowest BCUT2D eigenvalue weighted by Crippen LogP contribution is -2.33. The summed E-state index contributed by atoms with van der Waals surface area (Å²) in [6.45, 7) is 2.42. The van der Waals surface area contributed by atoms with E-state index in [2.05, 4.69) is 12.1 Å². The monoisotopic (exact) mass is 330 g/mol. The molecule has 2 aromatic carbocycles. The van der Waals surface area contributed by atoms with Crippen LogP contribution >= 0.6 is 0 Å². The minimum absolute atomic E-state index is 0.0703. The molecule has 0 saturated carbocycles. The molecular weight excluding hydrogens is 312 g/mol. The van der Waals surface area contributed by atoms with E-state index in [1.165, 1.54) is 4.90 Å². The molecule has 1 aliphatic heterocycles. The van der Waals surface area contributed by atoms with Gasteiger partial charge in [-0.25, -0.2) is 0 Å². The number of amides is 2. The number of imide groups is 1. The molecule has 3 aromatic rings. The highest BCUT2D eigenvalue weighted by Gasteiger charge is 2.35. The van der Waals surface area contributed by atoms with Gasteiger partial charge in [0.15, 0.2) is 0 Å². The summed E-state index contributed by atoms with van der Waals surface area (Å²) in [5.41, 5.74) is 3.19. The molecule has 0 aliphatic carbocycles. The topological polar surface area (TPSA) is 42.3 Å². The van der Waals surface area contributed by atoms with Crippen molar-refractivity contribution in [3.63, 3.8) is 0 Å². The third-order valence-electron chi connectivity index (χ3n) is 4.70. The van der Waals surface area contributed by atoms with Crippen molar-refractivity contribution >= 4 is 11.8 Å². The van der Waals surface area contributed by atoms with Crippen molar-refractivity contribution in [3.05, 3.63) is 89.7 Å². The fourth-order valence-electron chi connectivity index (χ4n) is 3.27. The number of carbonyl (C=O) groups excluding carboxylic acids is 2. The van der Waals surface area contributed by atoms with E-state index in [4.69, 9.17) is 0 Å². The van der Waals surface area contributed by atoms with Crippen LogP contribution in [0.4, 0.5) is 0 Å². The molecule has 1 aliphatic rings. The first-order valence-corrected chi connectivity index (χ1v) is 8.33. The summed E-state index contributed by atoms with van der Waals surface area (Å²) in [5.74, 6) is -0.325. The van der Waals surface area contributed by atoms with Gasteiger partial charge in [0.1, 0.15) is 0 Å². The number of rotatable bonds is 4. The summed E-state index contributed by atoms with van der Waals surface area (Å²) in [7, 11) is 0. The van der Waals surface area contributed by atoms with Gasteiger partial charge in [-0.15, -0.1) is 0 Å². The maximum absolute atomic E-state index is 12.5. The van der Waals surface area contributed by atoms with Gasteiger partial charge in [-0.05, 0) is 47.9 Å². The van der Waals surface area contributed by atoms with Crippen molar-refractivity contribution in [1.29, 1.82) is 0 Å². The van der Waals surface area contributed by atoms with Crippen LogP contribution < -0.4 is 0 Å². The fourth-order valence-corrected chi connectivity index (χ4v) is 3.27. The Morgan fingerprint density at radius 2 is 1.36 bits per heavy atom. The Morgan fingerprint density at radius 1 is 0.800 bits per heavy atom. The SMILES string of the molecule is CC(CN1C(=O)c2ccccc2C1=O)c1ccc(-n2cccc2)cc1. The zero-order valence-electron chi connectivity index (χ0n) is 13.9. The smallest absolute Gasteiger partial charge is 0.261 e. The molecule has 0 radical (unpaired) electrons. The first-order chi connectivity index (χ1) is 12.1. The highest BCUT2D eigenvalue weighted by molar-refractivity contribution is 6.21. The lowest BCUT2D eigenvalue weighted by Gasteiger charge is -2.20. The second kappa shape index (κ2) is 6.06. The maximum atomic E-state index is 12.5. The third-order valence-corrected chi connectivity index (χ3v) is 4.70. The Morgan fingerprint density at radius 3 is 1.92 bits per heavy atom. The quantitative estimate of drug-likeness (QED) is 0.681. The van der Waals surface area contributed by atoms with Crippen molar-refractivity contribution in [1.82, 2.24) is 9.47 Å². The molecule has 124 valence electrons. The average molecular weight is 330 g/mol. The fraction of sp³-hybridized carbons (Fsp3) is 0.143. The van der Waals surface area contributed by atoms with Crippen molar-refractivity contribution in [3.8, 4) is 5.69 Å². The maximum Gasteiger partial charge on any atom is 0.261 e. The first kappa shape index (κ1) is 15.4. The largest absolute Gasteiger partial charge is 0.324 e. The minimum atomic E-state index is -0.198. The summed E-state index contributed by atoms with van der Waals surface area (Å²) in [4.78, 5) is 26.3. The number of fused-ring (bicyclic) bond motifs is 1. The molecule has 0 fully saturated rings. The normalized spacial score (nSPS) is 14.7. The number of hydrogen-bond donors (Lipinski definition) is 0. The van der Waals surface area contributed by atoms with Gasteiger partial charge in [0, 0.05) is 24.6 Å². The zero-order valence-corrected chi connectivity index (χ0v) is 13.9. The molecule has 1 unspecified atom stereocenters. The molecule has 4 rings (SSSR count). The van der Waals surface area contributed by atoms with E-state index in [-0.39, 0.29) is 17.7 Å². The number of nitrogens with zero attached hydrogens (tertiary/aromatic N) is 2. The van der Waals surface area contributed by atoms with Crippen molar-refractivity contribution < 1.29 is 9.59 Å². The minimum Gasteiger partial charge on any atom is -0.324 e. The zero-order chi connectivity index (χ0) is 17.4. The van der Waals surface area contributed by atoms with Crippen molar-refractivity contribution in [2.45, 2.75) is 12.8 Å². The summed E-state index contributed by atoms with van der Waals surface area (Å²) in [6.07, 6.45) is 3.99. The number of benzene rings is 2. The molecule has 2 amide bonds. The molecule has 0 saturated heterocycles. The first-order valence-electron chi connectivity index (χ1n) is 8.33. The Bertz CT molecular complexity index is 892. The number of aromatic nitrogens is 1. The highest BCUT2D eigenvalue weighted by atomic mass is 16.2.